The summed E-state index contributed by atoms with van der Waals surface area (Å²) in [6.07, 6.45) is -0.966. The average molecular weight is 262 g/mol. The average Bonchev–Trinajstić information content (AvgIpc) is 2.05. The predicted molar refractivity (Wildman–Crippen MR) is 52.4 cm³/mol. The standard InChI is InChI=1S/C8H15BF3N2O.K/c1-8(2)7(15)13(3)4-5-14(8)6-9(10,11)12;/h4-6H2,1-3H3;/q-1;+1. The molecule has 0 bridgehead atoms. The SMILES string of the molecule is CN1CCN(C[B-](F)(F)F)C(C)(C)C1=O.[K+]. The third kappa shape index (κ3) is 3.99. The molecule has 16 heavy (non-hydrogen) atoms. The molecule has 0 aromatic heterocycles. The van der Waals surface area contributed by atoms with Gasteiger partial charge in [-0.2, -0.15) is 0 Å². The van der Waals surface area contributed by atoms with Crippen LogP contribution in [0.15, 0.2) is 0 Å². The number of piperazine rings is 1. The number of amides is 1. The van der Waals surface area contributed by atoms with Crippen molar-refractivity contribution in [1.82, 2.24) is 9.80 Å². The second-order valence-electron chi connectivity index (χ2n) is 4.44. The normalized spacial score (nSPS) is 21.9. The van der Waals surface area contributed by atoms with Gasteiger partial charge in [0.2, 0.25) is 5.91 Å². The second kappa shape index (κ2) is 5.71. The van der Waals surface area contributed by atoms with Crippen LogP contribution in [0.1, 0.15) is 13.8 Å². The molecule has 8 heteroatoms. The van der Waals surface area contributed by atoms with Crippen molar-refractivity contribution >= 4 is 12.9 Å². The molecule has 1 aliphatic rings. The third-order valence-electron chi connectivity index (χ3n) is 2.79. The van der Waals surface area contributed by atoms with E-state index in [4.69, 9.17) is 0 Å². The zero-order chi connectivity index (χ0) is 11.9. The monoisotopic (exact) mass is 262 g/mol. The van der Waals surface area contributed by atoms with Gasteiger partial charge in [-0.3, -0.25) is 4.79 Å². The molecule has 0 atom stereocenters. The molecule has 1 heterocycles. The van der Waals surface area contributed by atoms with Gasteiger partial charge in [0.1, 0.15) is 0 Å². The minimum Gasteiger partial charge on any atom is -0.448 e. The van der Waals surface area contributed by atoms with Crippen LogP contribution in [0.3, 0.4) is 0 Å². The smallest absolute Gasteiger partial charge is 0.448 e. The fourth-order valence-corrected chi connectivity index (χ4v) is 1.82. The molecule has 0 saturated carbocycles. The summed E-state index contributed by atoms with van der Waals surface area (Å²) in [5.74, 6) is -0.256. The fraction of sp³-hybridized carbons (Fsp3) is 0.875. The van der Waals surface area contributed by atoms with Gasteiger partial charge in [0.05, 0.1) is 5.54 Å². The zero-order valence-electron chi connectivity index (χ0n) is 10.1. The Morgan fingerprint density at radius 1 is 1.31 bits per heavy atom. The van der Waals surface area contributed by atoms with E-state index in [0.717, 1.165) is 0 Å². The number of halogens is 3. The Morgan fingerprint density at radius 2 is 1.81 bits per heavy atom. The molecule has 0 spiro atoms. The molecule has 1 saturated heterocycles. The van der Waals surface area contributed by atoms with E-state index in [2.05, 4.69) is 0 Å². The van der Waals surface area contributed by atoms with E-state index in [-0.39, 0.29) is 63.8 Å². The molecule has 0 aromatic rings. The number of hydrogen-bond donors (Lipinski definition) is 0. The van der Waals surface area contributed by atoms with Crippen LogP contribution in [0.2, 0.25) is 0 Å². The molecule has 1 rings (SSSR count). The van der Waals surface area contributed by atoms with E-state index in [0.29, 0.717) is 6.54 Å². The molecule has 0 aromatic carbocycles. The van der Waals surface area contributed by atoms with Crippen molar-refractivity contribution in [2.45, 2.75) is 19.4 Å². The Hall–Kier alpha value is 0.921. The van der Waals surface area contributed by atoms with Gasteiger partial charge in [-0.05, 0) is 20.3 Å². The molecule has 0 unspecified atom stereocenters. The summed E-state index contributed by atoms with van der Waals surface area (Å²) < 4.78 is 36.9. The Labute approximate surface area is 136 Å². The minimum atomic E-state index is -4.87. The maximum Gasteiger partial charge on any atom is 1.00 e. The zero-order valence-corrected chi connectivity index (χ0v) is 13.3. The van der Waals surface area contributed by atoms with Crippen LogP contribution < -0.4 is 51.4 Å². The van der Waals surface area contributed by atoms with Gasteiger partial charge in [-0.1, -0.05) is 0 Å². The molecular weight excluding hydrogens is 247 g/mol. The van der Waals surface area contributed by atoms with E-state index in [1.807, 2.05) is 0 Å². The summed E-state index contributed by atoms with van der Waals surface area (Å²) in [6.45, 7) is -1.18. The molecule has 1 aliphatic heterocycles. The number of hydrogen-bond acceptors (Lipinski definition) is 2. The second-order valence-corrected chi connectivity index (χ2v) is 4.44. The summed E-state index contributed by atoms with van der Waals surface area (Å²) in [4.78, 5) is 14.3. The summed E-state index contributed by atoms with van der Waals surface area (Å²) in [5, 5.41) is 0. The third-order valence-corrected chi connectivity index (χ3v) is 2.79. The molecule has 1 amide bonds. The van der Waals surface area contributed by atoms with Crippen molar-refractivity contribution in [2.75, 3.05) is 26.6 Å². The van der Waals surface area contributed by atoms with Crippen LogP contribution in [-0.2, 0) is 4.79 Å². The first-order valence-corrected chi connectivity index (χ1v) is 4.86. The van der Waals surface area contributed by atoms with Gasteiger partial charge in [0.25, 0.3) is 0 Å². The van der Waals surface area contributed by atoms with E-state index in [1.54, 1.807) is 7.05 Å². The summed E-state index contributed by atoms with van der Waals surface area (Å²) in [7, 11) is 1.61. The van der Waals surface area contributed by atoms with Crippen LogP contribution in [-0.4, -0.2) is 54.8 Å². The van der Waals surface area contributed by atoms with Gasteiger partial charge in [-0.25, -0.2) is 0 Å². The van der Waals surface area contributed by atoms with Gasteiger partial charge in [0, 0.05) is 20.1 Å². The van der Waals surface area contributed by atoms with Gasteiger partial charge < -0.3 is 22.7 Å². The minimum absolute atomic E-state index is 0. The molecule has 1 fully saturated rings. The Balaban J connectivity index is 0.00000225. The summed E-state index contributed by atoms with van der Waals surface area (Å²) in [5.41, 5.74) is -1.05. The van der Waals surface area contributed by atoms with Crippen LogP contribution in [0.25, 0.3) is 0 Å². The van der Waals surface area contributed by atoms with Crippen molar-refractivity contribution < 1.29 is 69.1 Å². The van der Waals surface area contributed by atoms with Crippen molar-refractivity contribution in [3.05, 3.63) is 0 Å². The topological polar surface area (TPSA) is 23.6 Å². The van der Waals surface area contributed by atoms with Crippen LogP contribution >= 0.6 is 0 Å². The Kier molecular flexibility index (Phi) is 6.04. The van der Waals surface area contributed by atoms with Crippen molar-refractivity contribution in [3.8, 4) is 0 Å². The van der Waals surface area contributed by atoms with Crippen LogP contribution in [0.5, 0.6) is 0 Å². The maximum absolute atomic E-state index is 12.3. The van der Waals surface area contributed by atoms with Gasteiger partial charge in [-0.15, -0.1) is 0 Å². The van der Waals surface area contributed by atoms with Crippen molar-refractivity contribution in [1.29, 1.82) is 0 Å². The molecule has 3 nitrogen and oxygen atoms in total. The Morgan fingerprint density at radius 3 is 2.25 bits per heavy atom. The first kappa shape index (κ1) is 16.9. The first-order valence-electron chi connectivity index (χ1n) is 4.86. The van der Waals surface area contributed by atoms with Crippen molar-refractivity contribution in [2.24, 2.45) is 0 Å². The fourth-order valence-electron chi connectivity index (χ4n) is 1.82. The largest absolute Gasteiger partial charge is 1.00 e. The van der Waals surface area contributed by atoms with Gasteiger partial charge in [0.15, 0.2) is 0 Å². The summed E-state index contributed by atoms with van der Waals surface area (Å²) >= 11 is 0. The number of likely N-dealkylation sites (N-methyl/N-ethyl adjacent to an activating group) is 1. The summed E-state index contributed by atoms with van der Waals surface area (Å²) in [6, 6.07) is 0. The first-order chi connectivity index (χ1) is 6.64. The Bertz CT molecular complexity index is 272. The predicted octanol–water partition coefficient (Wildman–Crippen LogP) is -2.07. The molecule has 0 aliphatic carbocycles. The number of carbonyl (C=O) groups excluding carboxylic acids is 1. The number of rotatable bonds is 2. The van der Waals surface area contributed by atoms with E-state index in [9.17, 15) is 17.7 Å². The molecule has 0 N–H and O–H groups in total. The van der Waals surface area contributed by atoms with Gasteiger partial charge >= 0.3 is 58.4 Å². The van der Waals surface area contributed by atoms with E-state index >= 15 is 0 Å². The molecule has 0 radical (unpaired) electrons. The molecular formula is C8H15BF3KN2O. The van der Waals surface area contributed by atoms with E-state index < -0.39 is 19.0 Å². The van der Waals surface area contributed by atoms with E-state index in [1.165, 1.54) is 23.6 Å². The van der Waals surface area contributed by atoms with Crippen molar-refractivity contribution in [3.63, 3.8) is 0 Å². The number of nitrogens with zero attached hydrogens (tertiary/aromatic N) is 2. The number of carbonyl (C=O) groups is 1. The quantitative estimate of drug-likeness (QED) is 0.534. The van der Waals surface area contributed by atoms with Crippen LogP contribution in [0.4, 0.5) is 12.9 Å². The molecule has 88 valence electrons. The van der Waals surface area contributed by atoms with Crippen LogP contribution in [0, 0.1) is 0 Å². The maximum atomic E-state index is 12.3.